The molecule has 1 aromatic carbocycles. The number of piperidine rings is 1. The summed E-state index contributed by atoms with van der Waals surface area (Å²) in [7, 11) is 1.38. The Bertz CT molecular complexity index is 792. The lowest BCUT2D eigenvalue weighted by Gasteiger charge is -2.37. The van der Waals surface area contributed by atoms with Gasteiger partial charge in [-0.25, -0.2) is 9.59 Å². The minimum absolute atomic E-state index is 0.286. The van der Waals surface area contributed by atoms with Gasteiger partial charge < -0.3 is 15.4 Å². The lowest BCUT2D eigenvalue weighted by atomic mass is 9.89. The fourth-order valence-corrected chi connectivity index (χ4v) is 4.62. The van der Waals surface area contributed by atoms with Crippen molar-refractivity contribution in [3.63, 3.8) is 0 Å². The number of amides is 2. The fraction of sp³-hybridized carbons (Fsp3) is 0.545. The number of carbonyl (C=O) groups is 2. The first-order chi connectivity index (χ1) is 13.3. The summed E-state index contributed by atoms with van der Waals surface area (Å²) in [6.07, 6.45) is 1.21. The number of nitrogens with one attached hydrogen (secondary N) is 2. The predicted octanol–water partition coefficient (Wildman–Crippen LogP) is 3.06. The average Bonchev–Trinajstić information content (AvgIpc) is 2.59. The summed E-state index contributed by atoms with van der Waals surface area (Å²) in [6.45, 7) is 11.0. The van der Waals surface area contributed by atoms with Crippen LogP contribution in [0.4, 0.5) is 4.79 Å². The summed E-state index contributed by atoms with van der Waals surface area (Å²) in [5.41, 5.74) is 4.22. The van der Waals surface area contributed by atoms with Gasteiger partial charge in [0.2, 0.25) is 0 Å². The van der Waals surface area contributed by atoms with Crippen LogP contribution >= 0.6 is 0 Å². The van der Waals surface area contributed by atoms with Crippen molar-refractivity contribution in [2.45, 2.75) is 40.2 Å². The number of rotatable bonds is 4. The number of aryl methyl sites for hydroxylation is 2. The van der Waals surface area contributed by atoms with Crippen molar-refractivity contribution in [3.8, 4) is 0 Å². The molecule has 0 unspecified atom stereocenters. The van der Waals surface area contributed by atoms with Crippen molar-refractivity contribution in [3.05, 3.63) is 46.2 Å². The molecule has 0 bridgehead atoms. The van der Waals surface area contributed by atoms with Gasteiger partial charge in [0.1, 0.15) is 0 Å². The average molecular weight is 386 g/mol. The first-order valence-electron chi connectivity index (χ1n) is 9.96. The summed E-state index contributed by atoms with van der Waals surface area (Å²) in [5.74, 6) is 0.780. The number of ether oxygens (including phenoxy) is 1. The second-order valence-electron chi connectivity index (χ2n) is 8.42. The molecular formula is C22H31N3O3. The molecule has 28 heavy (non-hydrogen) atoms. The molecule has 6 heteroatoms. The number of methoxy groups -OCH3 is 1. The number of hydrogen-bond acceptors (Lipinski definition) is 4. The van der Waals surface area contributed by atoms with Crippen LogP contribution in [-0.4, -0.2) is 43.6 Å². The van der Waals surface area contributed by atoms with Gasteiger partial charge in [-0.05, 0) is 43.2 Å². The molecule has 0 aliphatic carbocycles. The van der Waals surface area contributed by atoms with E-state index in [4.69, 9.17) is 4.74 Å². The highest BCUT2D eigenvalue weighted by Crippen LogP contribution is 2.31. The first kappa shape index (κ1) is 20.4. The number of carbonyl (C=O) groups excluding carboxylic acids is 2. The largest absolute Gasteiger partial charge is 0.466 e. The number of hydrogen-bond donors (Lipinski definition) is 2. The van der Waals surface area contributed by atoms with Crippen molar-refractivity contribution in [1.29, 1.82) is 0 Å². The predicted molar refractivity (Wildman–Crippen MR) is 109 cm³/mol. The molecule has 0 spiro atoms. The number of benzene rings is 1. The van der Waals surface area contributed by atoms with Gasteiger partial charge in [-0.2, -0.15) is 0 Å². The third-order valence-electron chi connectivity index (χ3n) is 5.62. The van der Waals surface area contributed by atoms with E-state index < -0.39 is 12.0 Å². The summed E-state index contributed by atoms with van der Waals surface area (Å²) in [6, 6.07) is 5.24. The second kappa shape index (κ2) is 8.35. The molecule has 2 amide bonds. The third kappa shape index (κ3) is 4.38. The van der Waals surface area contributed by atoms with Crippen LogP contribution in [0.2, 0.25) is 0 Å². The standard InChI is InChI=1S/C22H31N3O3/c1-13-6-7-17(16(4)9-13)20-19(21(26)28-5)18(23-22(27)24-20)12-25-10-14(2)8-15(3)11-25/h6-7,9,14-15,20H,8,10-12H2,1-5H3,(H2,23,24,27)/t14-,15+,20-/m0/s1. The second-order valence-corrected chi connectivity index (χ2v) is 8.42. The molecular weight excluding hydrogens is 354 g/mol. The zero-order valence-electron chi connectivity index (χ0n) is 17.5. The minimum atomic E-state index is -0.517. The van der Waals surface area contributed by atoms with E-state index in [1.165, 1.54) is 13.5 Å². The van der Waals surface area contributed by atoms with Crippen LogP contribution < -0.4 is 10.6 Å². The van der Waals surface area contributed by atoms with Crippen LogP contribution in [0.15, 0.2) is 29.5 Å². The van der Waals surface area contributed by atoms with Gasteiger partial charge in [0, 0.05) is 25.3 Å². The quantitative estimate of drug-likeness (QED) is 0.782. The highest BCUT2D eigenvalue weighted by molar-refractivity contribution is 5.95. The molecule has 1 saturated heterocycles. The van der Waals surface area contributed by atoms with Gasteiger partial charge in [0.05, 0.1) is 18.7 Å². The monoisotopic (exact) mass is 385 g/mol. The van der Waals surface area contributed by atoms with Crippen molar-refractivity contribution < 1.29 is 14.3 Å². The van der Waals surface area contributed by atoms with Crippen molar-refractivity contribution in [2.75, 3.05) is 26.7 Å². The number of urea groups is 1. The van der Waals surface area contributed by atoms with Crippen molar-refractivity contribution in [1.82, 2.24) is 15.5 Å². The van der Waals surface area contributed by atoms with E-state index in [-0.39, 0.29) is 6.03 Å². The molecule has 2 aliphatic heterocycles. The maximum absolute atomic E-state index is 12.7. The van der Waals surface area contributed by atoms with Gasteiger partial charge in [0.25, 0.3) is 0 Å². The summed E-state index contributed by atoms with van der Waals surface area (Å²) >= 11 is 0. The highest BCUT2D eigenvalue weighted by atomic mass is 16.5. The number of esters is 1. The Morgan fingerprint density at radius 3 is 2.50 bits per heavy atom. The van der Waals surface area contributed by atoms with Crippen LogP contribution in [0, 0.1) is 25.7 Å². The molecule has 1 fully saturated rings. The Morgan fingerprint density at radius 2 is 1.89 bits per heavy atom. The Morgan fingerprint density at radius 1 is 1.21 bits per heavy atom. The molecule has 2 heterocycles. The Labute approximate surface area is 167 Å². The zero-order valence-corrected chi connectivity index (χ0v) is 17.5. The van der Waals surface area contributed by atoms with Crippen LogP contribution in [0.25, 0.3) is 0 Å². The Balaban J connectivity index is 2.00. The molecule has 3 rings (SSSR count). The first-order valence-corrected chi connectivity index (χ1v) is 9.96. The zero-order chi connectivity index (χ0) is 20.4. The van der Waals surface area contributed by atoms with Gasteiger partial charge in [-0.3, -0.25) is 4.90 Å². The Kier molecular flexibility index (Phi) is 6.08. The van der Waals surface area contributed by atoms with Crippen LogP contribution in [0.3, 0.4) is 0 Å². The van der Waals surface area contributed by atoms with Crippen LogP contribution in [-0.2, 0) is 9.53 Å². The smallest absolute Gasteiger partial charge is 0.338 e. The fourth-order valence-electron chi connectivity index (χ4n) is 4.62. The summed E-state index contributed by atoms with van der Waals surface area (Å²) < 4.78 is 5.10. The number of nitrogens with zero attached hydrogens (tertiary/aromatic N) is 1. The van der Waals surface area contributed by atoms with E-state index in [0.29, 0.717) is 29.7 Å². The third-order valence-corrected chi connectivity index (χ3v) is 5.62. The number of likely N-dealkylation sites (tertiary alicyclic amines) is 1. The lowest BCUT2D eigenvalue weighted by Crippen LogP contribution is -2.50. The molecule has 0 saturated carbocycles. The Hall–Kier alpha value is -2.34. The normalized spacial score (nSPS) is 25.9. The summed E-state index contributed by atoms with van der Waals surface area (Å²) in [4.78, 5) is 27.5. The van der Waals surface area contributed by atoms with E-state index in [9.17, 15) is 9.59 Å². The van der Waals surface area contributed by atoms with Gasteiger partial charge in [0.15, 0.2) is 0 Å². The molecule has 0 radical (unpaired) electrons. The van der Waals surface area contributed by atoms with E-state index in [1.807, 2.05) is 26.0 Å². The SMILES string of the molecule is COC(=O)C1=C(CN2C[C@H](C)C[C@H](C)C2)NC(=O)N[C@H]1c1ccc(C)cc1C. The van der Waals surface area contributed by atoms with E-state index >= 15 is 0 Å². The topological polar surface area (TPSA) is 70.7 Å². The van der Waals surface area contributed by atoms with Crippen LogP contribution in [0.5, 0.6) is 0 Å². The molecule has 152 valence electrons. The molecule has 0 aromatic heterocycles. The van der Waals surface area contributed by atoms with E-state index in [1.54, 1.807) is 0 Å². The molecule has 3 atom stereocenters. The van der Waals surface area contributed by atoms with Gasteiger partial charge >= 0.3 is 12.0 Å². The van der Waals surface area contributed by atoms with E-state index in [2.05, 4.69) is 35.4 Å². The van der Waals surface area contributed by atoms with Gasteiger partial charge in [-0.15, -0.1) is 0 Å². The van der Waals surface area contributed by atoms with Crippen molar-refractivity contribution >= 4 is 12.0 Å². The minimum Gasteiger partial charge on any atom is -0.466 e. The molecule has 6 nitrogen and oxygen atoms in total. The maximum Gasteiger partial charge on any atom is 0.338 e. The van der Waals surface area contributed by atoms with Crippen LogP contribution in [0.1, 0.15) is 43.0 Å². The lowest BCUT2D eigenvalue weighted by molar-refractivity contribution is -0.136. The molecule has 1 aromatic rings. The van der Waals surface area contributed by atoms with E-state index in [0.717, 1.165) is 29.8 Å². The molecule has 2 aliphatic rings. The highest BCUT2D eigenvalue weighted by Gasteiger charge is 2.35. The van der Waals surface area contributed by atoms with Crippen molar-refractivity contribution in [2.24, 2.45) is 11.8 Å². The van der Waals surface area contributed by atoms with Gasteiger partial charge in [-0.1, -0.05) is 37.6 Å². The summed E-state index contributed by atoms with van der Waals surface area (Å²) in [5, 5.41) is 5.79. The maximum atomic E-state index is 12.7. The molecule has 2 N–H and O–H groups in total.